The lowest BCUT2D eigenvalue weighted by Crippen LogP contribution is -2.13. The molecule has 0 saturated carbocycles. The Labute approximate surface area is 102 Å². The van der Waals surface area contributed by atoms with E-state index < -0.39 is 17.7 Å². The summed E-state index contributed by atoms with van der Waals surface area (Å²) in [5.41, 5.74) is 0.478. The molecule has 0 saturated heterocycles. The predicted molar refractivity (Wildman–Crippen MR) is 64.1 cm³/mol. The molecule has 1 aromatic carbocycles. The van der Waals surface area contributed by atoms with E-state index >= 15 is 0 Å². The van der Waals surface area contributed by atoms with Gasteiger partial charge in [-0.2, -0.15) is 0 Å². The molecule has 1 aromatic heterocycles. The molecule has 1 heterocycles. The molecule has 0 aliphatic carbocycles. The Bertz CT molecular complexity index is 462. The molecule has 0 aliphatic heterocycles. The van der Waals surface area contributed by atoms with Crippen molar-refractivity contribution < 1.29 is 13.9 Å². The summed E-state index contributed by atoms with van der Waals surface area (Å²) in [6.45, 7) is 0. The Balaban J connectivity index is 2.00. The van der Waals surface area contributed by atoms with E-state index in [1.807, 2.05) is 17.5 Å². The van der Waals surface area contributed by atoms with Crippen LogP contribution in [-0.4, -0.2) is 11.2 Å². The number of hydrogen-bond donors (Lipinski definition) is 1. The first-order valence-corrected chi connectivity index (χ1v) is 6.17. The van der Waals surface area contributed by atoms with Crippen LogP contribution in [0, 0.1) is 11.6 Å². The van der Waals surface area contributed by atoms with Gasteiger partial charge in [0.05, 0.1) is 6.10 Å². The summed E-state index contributed by atoms with van der Waals surface area (Å²) in [5, 5.41) is 11.8. The molecule has 1 nitrogen and oxygen atoms in total. The lowest BCUT2D eigenvalue weighted by molar-refractivity contribution is 0.176. The van der Waals surface area contributed by atoms with Gasteiger partial charge in [0.1, 0.15) is 11.6 Å². The highest BCUT2D eigenvalue weighted by molar-refractivity contribution is 7.09. The second-order valence-corrected chi connectivity index (χ2v) is 4.95. The highest BCUT2D eigenvalue weighted by Crippen LogP contribution is 2.15. The standard InChI is InChI=1S/C13H12F2OS/c14-10-4-9(5-11(15)7-10)6-12(16)8-13-2-1-3-17-13/h1-5,7,12,16H,6,8H2. The van der Waals surface area contributed by atoms with Crippen molar-refractivity contribution in [3.8, 4) is 0 Å². The fourth-order valence-electron chi connectivity index (χ4n) is 1.73. The van der Waals surface area contributed by atoms with Crippen LogP contribution in [0.3, 0.4) is 0 Å². The van der Waals surface area contributed by atoms with Gasteiger partial charge in [0.2, 0.25) is 0 Å². The van der Waals surface area contributed by atoms with Gasteiger partial charge in [-0.15, -0.1) is 11.3 Å². The van der Waals surface area contributed by atoms with Crippen molar-refractivity contribution in [3.05, 3.63) is 57.8 Å². The van der Waals surface area contributed by atoms with Crippen LogP contribution >= 0.6 is 11.3 Å². The summed E-state index contributed by atoms with van der Waals surface area (Å²) < 4.78 is 25.9. The molecule has 0 amide bonds. The highest BCUT2D eigenvalue weighted by Gasteiger charge is 2.09. The van der Waals surface area contributed by atoms with Crippen LogP contribution in [0.15, 0.2) is 35.7 Å². The lowest BCUT2D eigenvalue weighted by atomic mass is 10.0. The molecule has 1 unspecified atom stereocenters. The molecule has 0 bridgehead atoms. The zero-order chi connectivity index (χ0) is 12.3. The number of benzene rings is 1. The summed E-state index contributed by atoms with van der Waals surface area (Å²) >= 11 is 1.56. The summed E-state index contributed by atoms with van der Waals surface area (Å²) in [7, 11) is 0. The Morgan fingerprint density at radius 2 is 1.82 bits per heavy atom. The number of hydrogen-bond acceptors (Lipinski definition) is 2. The van der Waals surface area contributed by atoms with Crippen LogP contribution in [0.4, 0.5) is 8.78 Å². The molecule has 0 fully saturated rings. The summed E-state index contributed by atoms with van der Waals surface area (Å²) in [6, 6.07) is 7.17. The third-order valence-electron chi connectivity index (χ3n) is 2.41. The smallest absolute Gasteiger partial charge is 0.126 e. The van der Waals surface area contributed by atoms with Crippen molar-refractivity contribution >= 4 is 11.3 Å². The van der Waals surface area contributed by atoms with Gasteiger partial charge in [-0.3, -0.25) is 0 Å². The molecule has 17 heavy (non-hydrogen) atoms. The van der Waals surface area contributed by atoms with E-state index in [4.69, 9.17) is 0 Å². The van der Waals surface area contributed by atoms with E-state index in [1.54, 1.807) is 11.3 Å². The van der Waals surface area contributed by atoms with Crippen LogP contribution in [0.2, 0.25) is 0 Å². The zero-order valence-corrected chi connectivity index (χ0v) is 9.88. The van der Waals surface area contributed by atoms with E-state index in [-0.39, 0.29) is 6.42 Å². The maximum absolute atomic E-state index is 12.9. The maximum Gasteiger partial charge on any atom is 0.126 e. The first kappa shape index (κ1) is 12.2. The number of halogens is 2. The van der Waals surface area contributed by atoms with E-state index in [0.717, 1.165) is 10.9 Å². The molecule has 0 aliphatic rings. The van der Waals surface area contributed by atoms with Crippen molar-refractivity contribution in [2.24, 2.45) is 0 Å². The Hall–Kier alpha value is -1.26. The van der Waals surface area contributed by atoms with Gasteiger partial charge in [-0.05, 0) is 35.6 Å². The average molecular weight is 254 g/mol. The largest absolute Gasteiger partial charge is 0.392 e. The molecule has 4 heteroatoms. The third-order valence-corrected chi connectivity index (χ3v) is 3.31. The van der Waals surface area contributed by atoms with Crippen LogP contribution in [-0.2, 0) is 12.8 Å². The van der Waals surface area contributed by atoms with Crippen molar-refractivity contribution in [2.45, 2.75) is 18.9 Å². The van der Waals surface area contributed by atoms with Crippen LogP contribution in [0.1, 0.15) is 10.4 Å². The molecule has 1 atom stereocenters. The van der Waals surface area contributed by atoms with Crippen molar-refractivity contribution in [2.75, 3.05) is 0 Å². The number of aliphatic hydroxyl groups excluding tert-OH is 1. The van der Waals surface area contributed by atoms with Crippen LogP contribution < -0.4 is 0 Å². The van der Waals surface area contributed by atoms with E-state index in [0.29, 0.717) is 12.0 Å². The lowest BCUT2D eigenvalue weighted by Gasteiger charge is -2.09. The van der Waals surface area contributed by atoms with Gasteiger partial charge in [-0.1, -0.05) is 6.07 Å². The second-order valence-electron chi connectivity index (χ2n) is 3.92. The molecular weight excluding hydrogens is 242 g/mol. The van der Waals surface area contributed by atoms with Gasteiger partial charge in [0, 0.05) is 17.4 Å². The number of aliphatic hydroxyl groups is 1. The molecule has 2 aromatic rings. The van der Waals surface area contributed by atoms with Crippen molar-refractivity contribution in [1.29, 1.82) is 0 Å². The van der Waals surface area contributed by atoms with E-state index in [1.165, 1.54) is 12.1 Å². The van der Waals surface area contributed by atoms with Gasteiger partial charge >= 0.3 is 0 Å². The minimum absolute atomic E-state index is 0.257. The first-order chi connectivity index (χ1) is 8.13. The topological polar surface area (TPSA) is 20.2 Å². The third kappa shape index (κ3) is 3.61. The van der Waals surface area contributed by atoms with E-state index in [9.17, 15) is 13.9 Å². The number of rotatable bonds is 4. The normalized spacial score (nSPS) is 12.6. The molecule has 1 N–H and O–H groups in total. The fraction of sp³-hybridized carbons (Fsp3) is 0.231. The number of thiophene rings is 1. The minimum Gasteiger partial charge on any atom is -0.392 e. The predicted octanol–water partition coefficient (Wildman–Crippen LogP) is 3.17. The van der Waals surface area contributed by atoms with Crippen LogP contribution in [0.5, 0.6) is 0 Å². The van der Waals surface area contributed by atoms with Crippen molar-refractivity contribution in [1.82, 2.24) is 0 Å². The minimum atomic E-state index is -0.616. The molecule has 0 radical (unpaired) electrons. The van der Waals surface area contributed by atoms with Gasteiger partial charge < -0.3 is 5.11 Å². The zero-order valence-electron chi connectivity index (χ0n) is 9.07. The summed E-state index contributed by atoms with van der Waals surface area (Å²) in [4.78, 5) is 1.06. The van der Waals surface area contributed by atoms with Gasteiger partial charge in [0.15, 0.2) is 0 Å². The van der Waals surface area contributed by atoms with E-state index in [2.05, 4.69) is 0 Å². The summed E-state index contributed by atoms with van der Waals surface area (Å²) in [5.74, 6) is -1.22. The fourth-order valence-corrected chi connectivity index (χ4v) is 2.51. The van der Waals surface area contributed by atoms with Crippen LogP contribution in [0.25, 0.3) is 0 Å². The first-order valence-electron chi connectivity index (χ1n) is 5.29. The van der Waals surface area contributed by atoms with Gasteiger partial charge in [-0.25, -0.2) is 8.78 Å². The molecule has 2 rings (SSSR count). The quantitative estimate of drug-likeness (QED) is 0.888. The molecule has 90 valence electrons. The average Bonchev–Trinajstić information content (AvgIpc) is 2.67. The monoisotopic (exact) mass is 254 g/mol. The second kappa shape index (κ2) is 5.38. The Kier molecular flexibility index (Phi) is 3.86. The maximum atomic E-state index is 12.9. The molecule has 0 spiro atoms. The van der Waals surface area contributed by atoms with Crippen molar-refractivity contribution in [3.63, 3.8) is 0 Å². The highest BCUT2D eigenvalue weighted by atomic mass is 32.1. The molecular formula is C13H12F2OS. The Morgan fingerprint density at radius 1 is 1.12 bits per heavy atom. The summed E-state index contributed by atoms with van der Waals surface area (Å²) in [6.07, 6.45) is 0.150. The van der Waals surface area contributed by atoms with Gasteiger partial charge in [0.25, 0.3) is 0 Å². The Morgan fingerprint density at radius 3 is 2.41 bits per heavy atom. The SMILES string of the molecule is OC(Cc1cc(F)cc(F)c1)Cc1cccs1.